The smallest absolute Gasteiger partial charge is 0.161 e. The third kappa shape index (κ3) is 2.72. The highest BCUT2D eigenvalue weighted by Gasteiger charge is 2.19. The Morgan fingerprint density at radius 1 is 1.05 bits per heavy atom. The van der Waals surface area contributed by atoms with Crippen LogP contribution in [0.2, 0.25) is 0 Å². The normalized spacial score (nSPS) is 14.8. The average Bonchev–Trinajstić information content (AvgIpc) is 2.51. The van der Waals surface area contributed by atoms with Gasteiger partial charge in [0.15, 0.2) is 11.5 Å². The van der Waals surface area contributed by atoms with Crippen LogP contribution in [0.15, 0.2) is 36.4 Å². The highest BCUT2D eigenvalue weighted by molar-refractivity contribution is 5.47. The van der Waals surface area contributed by atoms with E-state index in [1.165, 1.54) is 6.07 Å². The maximum atomic E-state index is 13.6. The van der Waals surface area contributed by atoms with Crippen molar-refractivity contribution in [3.05, 3.63) is 58.9 Å². The predicted molar refractivity (Wildman–Crippen MR) is 79.5 cm³/mol. The Labute approximate surface area is 123 Å². The number of rotatable bonds is 3. The van der Waals surface area contributed by atoms with E-state index in [2.05, 4.69) is 5.32 Å². The maximum Gasteiger partial charge on any atom is 0.161 e. The fourth-order valence-electron chi connectivity index (χ4n) is 2.66. The van der Waals surface area contributed by atoms with Crippen LogP contribution in [0.5, 0.6) is 11.5 Å². The van der Waals surface area contributed by atoms with E-state index in [1.54, 1.807) is 12.1 Å². The minimum absolute atomic E-state index is 0.0865. The van der Waals surface area contributed by atoms with Crippen LogP contribution in [0, 0.1) is 12.7 Å². The number of hydrogen-bond acceptors (Lipinski definition) is 3. The lowest BCUT2D eigenvalue weighted by molar-refractivity contribution is 0.171. The summed E-state index contributed by atoms with van der Waals surface area (Å²) in [5.41, 5.74) is 3.00. The summed E-state index contributed by atoms with van der Waals surface area (Å²) in [4.78, 5) is 0. The van der Waals surface area contributed by atoms with Crippen LogP contribution >= 0.6 is 0 Å². The van der Waals surface area contributed by atoms with Crippen molar-refractivity contribution in [1.29, 1.82) is 0 Å². The number of ether oxygens (including phenoxy) is 2. The molecule has 0 fully saturated rings. The van der Waals surface area contributed by atoms with Crippen LogP contribution in [0.1, 0.15) is 22.7 Å². The standard InChI is InChI=1S/C17H18FNO2/c1-11-3-5-13(18)10-14(11)17(19-2)12-4-6-15-16(9-12)21-8-7-20-15/h3-6,9-10,17,19H,7-8H2,1-2H3. The molecular weight excluding hydrogens is 269 g/mol. The summed E-state index contributed by atoms with van der Waals surface area (Å²) in [6.45, 7) is 3.11. The van der Waals surface area contributed by atoms with Gasteiger partial charge >= 0.3 is 0 Å². The molecule has 1 atom stereocenters. The van der Waals surface area contributed by atoms with Gasteiger partial charge < -0.3 is 14.8 Å². The molecule has 0 aromatic heterocycles. The number of halogens is 1. The molecule has 0 spiro atoms. The van der Waals surface area contributed by atoms with Crippen LogP contribution in [0.4, 0.5) is 4.39 Å². The highest BCUT2D eigenvalue weighted by atomic mass is 19.1. The third-order valence-electron chi connectivity index (χ3n) is 3.74. The van der Waals surface area contributed by atoms with Crippen molar-refractivity contribution in [3.63, 3.8) is 0 Å². The van der Waals surface area contributed by atoms with Crippen molar-refractivity contribution in [2.75, 3.05) is 20.3 Å². The molecule has 4 heteroatoms. The molecule has 0 radical (unpaired) electrons. The second-order valence-corrected chi connectivity index (χ2v) is 5.13. The fraction of sp³-hybridized carbons (Fsp3) is 0.294. The second-order valence-electron chi connectivity index (χ2n) is 5.13. The maximum absolute atomic E-state index is 13.6. The fourth-order valence-corrected chi connectivity index (χ4v) is 2.66. The van der Waals surface area contributed by atoms with E-state index >= 15 is 0 Å². The van der Waals surface area contributed by atoms with Gasteiger partial charge in [-0.15, -0.1) is 0 Å². The van der Waals surface area contributed by atoms with Crippen molar-refractivity contribution < 1.29 is 13.9 Å². The monoisotopic (exact) mass is 287 g/mol. The zero-order valence-electron chi connectivity index (χ0n) is 12.2. The number of fused-ring (bicyclic) bond motifs is 1. The Morgan fingerprint density at radius 2 is 1.81 bits per heavy atom. The van der Waals surface area contributed by atoms with Gasteiger partial charge in [0.2, 0.25) is 0 Å². The van der Waals surface area contributed by atoms with Crippen molar-refractivity contribution in [3.8, 4) is 11.5 Å². The Kier molecular flexibility index (Phi) is 3.80. The third-order valence-corrected chi connectivity index (χ3v) is 3.74. The second kappa shape index (κ2) is 5.74. The van der Waals surface area contributed by atoms with Gasteiger partial charge in [0.1, 0.15) is 19.0 Å². The minimum atomic E-state index is -0.228. The van der Waals surface area contributed by atoms with Crippen LogP contribution in [-0.4, -0.2) is 20.3 Å². The molecule has 1 heterocycles. The molecule has 0 amide bonds. The van der Waals surface area contributed by atoms with Gasteiger partial charge in [-0.1, -0.05) is 12.1 Å². The van der Waals surface area contributed by atoms with Crippen LogP contribution in [0.25, 0.3) is 0 Å². The number of hydrogen-bond donors (Lipinski definition) is 1. The average molecular weight is 287 g/mol. The van der Waals surface area contributed by atoms with E-state index in [1.807, 2.05) is 32.2 Å². The molecule has 3 rings (SSSR count). The molecule has 1 aliphatic heterocycles. The Morgan fingerprint density at radius 3 is 2.57 bits per heavy atom. The van der Waals surface area contributed by atoms with E-state index in [-0.39, 0.29) is 11.9 Å². The largest absolute Gasteiger partial charge is 0.486 e. The Bertz CT molecular complexity index is 657. The van der Waals surface area contributed by atoms with Gasteiger partial charge in [0, 0.05) is 0 Å². The van der Waals surface area contributed by atoms with Crippen LogP contribution in [0.3, 0.4) is 0 Å². The molecule has 2 aromatic carbocycles. The first-order valence-electron chi connectivity index (χ1n) is 7.02. The van der Waals surface area contributed by atoms with Gasteiger partial charge in [-0.3, -0.25) is 0 Å². The van der Waals surface area contributed by atoms with E-state index in [0.717, 1.165) is 28.2 Å². The Balaban J connectivity index is 2.01. The molecule has 0 saturated heterocycles. The van der Waals surface area contributed by atoms with Gasteiger partial charge in [0.25, 0.3) is 0 Å². The van der Waals surface area contributed by atoms with Gasteiger partial charge in [-0.25, -0.2) is 4.39 Å². The number of nitrogens with one attached hydrogen (secondary N) is 1. The molecule has 110 valence electrons. The topological polar surface area (TPSA) is 30.5 Å². The highest BCUT2D eigenvalue weighted by Crippen LogP contribution is 2.35. The van der Waals surface area contributed by atoms with E-state index in [4.69, 9.17) is 9.47 Å². The van der Waals surface area contributed by atoms with Gasteiger partial charge in [0.05, 0.1) is 6.04 Å². The van der Waals surface area contributed by atoms with Crippen molar-refractivity contribution in [2.24, 2.45) is 0 Å². The van der Waals surface area contributed by atoms with Crippen LogP contribution in [-0.2, 0) is 0 Å². The molecule has 21 heavy (non-hydrogen) atoms. The van der Waals surface area contributed by atoms with Crippen molar-refractivity contribution >= 4 is 0 Å². The van der Waals surface area contributed by atoms with E-state index in [0.29, 0.717) is 13.2 Å². The molecule has 2 aromatic rings. The van der Waals surface area contributed by atoms with Gasteiger partial charge in [-0.2, -0.15) is 0 Å². The predicted octanol–water partition coefficient (Wildman–Crippen LogP) is 3.21. The van der Waals surface area contributed by atoms with E-state index in [9.17, 15) is 4.39 Å². The molecule has 0 saturated carbocycles. The molecule has 3 nitrogen and oxygen atoms in total. The number of aryl methyl sites for hydroxylation is 1. The molecule has 1 aliphatic rings. The van der Waals surface area contributed by atoms with E-state index < -0.39 is 0 Å². The summed E-state index contributed by atoms with van der Waals surface area (Å²) in [6, 6.07) is 10.6. The first-order valence-corrected chi connectivity index (χ1v) is 7.02. The van der Waals surface area contributed by atoms with Crippen molar-refractivity contribution in [1.82, 2.24) is 5.32 Å². The summed E-state index contributed by atoms with van der Waals surface area (Å²) < 4.78 is 24.7. The number of benzene rings is 2. The lowest BCUT2D eigenvalue weighted by Gasteiger charge is -2.23. The molecular formula is C17H18FNO2. The minimum Gasteiger partial charge on any atom is -0.486 e. The molecule has 0 bridgehead atoms. The molecule has 1 N–H and O–H groups in total. The molecule has 1 unspecified atom stereocenters. The zero-order chi connectivity index (χ0) is 14.8. The quantitative estimate of drug-likeness (QED) is 0.940. The Hall–Kier alpha value is -2.07. The zero-order valence-corrected chi connectivity index (χ0v) is 12.2. The molecule has 0 aliphatic carbocycles. The van der Waals surface area contributed by atoms with Crippen LogP contribution < -0.4 is 14.8 Å². The summed E-state index contributed by atoms with van der Waals surface area (Å²) in [5.74, 6) is 1.28. The lowest BCUT2D eigenvalue weighted by Crippen LogP contribution is -2.20. The SMILES string of the molecule is CNC(c1ccc2c(c1)OCCO2)c1cc(F)ccc1C. The summed E-state index contributed by atoms with van der Waals surface area (Å²) >= 11 is 0. The summed E-state index contributed by atoms with van der Waals surface area (Å²) in [7, 11) is 1.87. The van der Waals surface area contributed by atoms with Gasteiger partial charge in [-0.05, 0) is 54.9 Å². The first-order chi connectivity index (χ1) is 10.2. The first kappa shape index (κ1) is 13.9. The van der Waals surface area contributed by atoms with Crippen molar-refractivity contribution in [2.45, 2.75) is 13.0 Å². The lowest BCUT2D eigenvalue weighted by atomic mass is 9.94. The summed E-state index contributed by atoms with van der Waals surface area (Å²) in [6.07, 6.45) is 0. The summed E-state index contributed by atoms with van der Waals surface area (Å²) in [5, 5.41) is 3.25.